The van der Waals surface area contributed by atoms with Gasteiger partial charge in [-0.05, 0) is 124 Å². The maximum Gasteiger partial charge on any atom is 0.335 e. The minimum atomic E-state index is -0.681. The highest BCUT2D eigenvalue weighted by atomic mass is 16.5. The first-order valence-electron chi connectivity index (χ1n) is 15.6. The number of nitrogens with one attached hydrogen (secondary N) is 1. The van der Waals surface area contributed by atoms with E-state index in [2.05, 4.69) is 19.2 Å². The molecule has 5 aliphatic carbocycles. The van der Waals surface area contributed by atoms with Gasteiger partial charge in [0.1, 0.15) is 6.61 Å². The molecule has 39 heavy (non-hydrogen) atoms. The van der Waals surface area contributed by atoms with Gasteiger partial charge >= 0.3 is 5.63 Å². The number of rotatable bonds is 5. The third-order valence-electron chi connectivity index (χ3n) is 12.5. The smallest absolute Gasteiger partial charge is 0.335 e. The molecule has 4 N–H and O–H groups in total. The number of carbonyl (C=O) groups is 1. The highest BCUT2D eigenvalue weighted by Gasteiger charge is 2.67. The van der Waals surface area contributed by atoms with E-state index in [4.69, 9.17) is 14.9 Å². The summed E-state index contributed by atoms with van der Waals surface area (Å²) in [6.45, 7) is 4.93. The fraction of sp³-hybridized carbons (Fsp3) is 0.812. The highest BCUT2D eigenvalue weighted by molar-refractivity contribution is 5.77. The average Bonchev–Trinajstić information content (AvgIpc) is 3.20. The van der Waals surface area contributed by atoms with E-state index in [0.29, 0.717) is 17.8 Å². The van der Waals surface area contributed by atoms with Gasteiger partial charge in [0.15, 0.2) is 0 Å². The molecule has 0 radical (unpaired) electrons. The van der Waals surface area contributed by atoms with E-state index in [9.17, 15) is 14.7 Å². The normalized spacial score (nSPS) is 45.6. The Balaban J connectivity index is 1.08. The zero-order valence-electron chi connectivity index (χ0n) is 23.8. The molecule has 5 aliphatic rings. The van der Waals surface area contributed by atoms with Crippen LogP contribution in [0.2, 0.25) is 0 Å². The van der Waals surface area contributed by atoms with Crippen molar-refractivity contribution in [3.63, 3.8) is 0 Å². The topological polar surface area (TPSA) is 115 Å². The van der Waals surface area contributed by atoms with Gasteiger partial charge in [0.2, 0.25) is 5.91 Å². The highest BCUT2D eigenvalue weighted by Crippen LogP contribution is 2.70. The lowest BCUT2D eigenvalue weighted by atomic mass is 9.43. The van der Waals surface area contributed by atoms with Gasteiger partial charge in [-0.1, -0.05) is 13.8 Å². The van der Waals surface area contributed by atoms with Crippen LogP contribution in [0.1, 0.15) is 109 Å². The third-order valence-corrected chi connectivity index (χ3v) is 12.5. The van der Waals surface area contributed by atoms with E-state index >= 15 is 0 Å². The second kappa shape index (κ2) is 10.3. The first-order valence-corrected chi connectivity index (χ1v) is 15.6. The van der Waals surface area contributed by atoms with E-state index in [-0.39, 0.29) is 53.1 Å². The average molecular weight is 541 g/mol. The van der Waals surface area contributed by atoms with Crippen LogP contribution in [0, 0.1) is 28.6 Å². The van der Waals surface area contributed by atoms with Crippen molar-refractivity contribution in [1.82, 2.24) is 5.32 Å². The Kier molecular flexibility index (Phi) is 7.25. The van der Waals surface area contributed by atoms with Crippen molar-refractivity contribution < 1.29 is 19.1 Å². The molecule has 1 amide bonds. The maximum atomic E-state index is 12.6. The van der Waals surface area contributed by atoms with E-state index in [0.717, 1.165) is 89.0 Å². The van der Waals surface area contributed by atoms with Crippen molar-refractivity contribution in [1.29, 1.82) is 0 Å². The Labute approximate surface area is 232 Å². The molecule has 0 aliphatic heterocycles. The Morgan fingerprint density at radius 2 is 1.82 bits per heavy atom. The van der Waals surface area contributed by atoms with Gasteiger partial charge in [0, 0.05) is 23.6 Å². The first-order chi connectivity index (χ1) is 18.6. The lowest BCUT2D eigenvalue weighted by Crippen LogP contribution is -2.62. The quantitative estimate of drug-likeness (QED) is 0.501. The fourth-order valence-corrected chi connectivity index (χ4v) is 10.2. The summed E-state index contributed by atoms with van der Waals surface area (Å²) >= 11 is 0. The van der Waals surface area contributed by atoms with Crippen LogP contribution in [-0.2, 0) is 9.53 Å². The van der Waals surface area contributed by atoms with E-state index < -0.39 is 5.60 Å². The second-order valence-corrected chi connectivity index (χ2v) is 14.2. The molecule has 216 valence electrons. The number of hydrogen-bond donors (Lipinski definition) is 3. The Morgan fingerprint density at radius 1 is 1.03 bits per heavy atom. The molecular formula is C32H48N2O5. The van der Waals surface area contributed by atoms with E-state index in [1.165, 1.54) is 6.07 Å². The third kappa shape index (κ3) is 4.70. The molecule has 0 saturated heterocycles. The number of carbonyl (C=O) groups excluding carboxylic acids is 1. The first kappa shape index (κ1) is 27.5. The predicted octanol–water partition coefficient (Wildman–Crippen LogP) is 4.65. The van der Waals surface area contributed by atoms with Crippen LogP contribution in [0.5, 0.6) is 0 Å². The summed E-state index contributed by atoms with van der Waals surface area (Å²) in [6, 6.07) is 3.94. The molecular weight excluding hydrogens is 492 g/mol. The summed E-state index contributed by atoms with van der Waals surface area (Å²) in [5, 5.41) is 15.6. The number of fused-ring (bicyclic) bond motifs is 5. The zero-order chi connectivity index (χ0) is 27.4. The Hall–Kier alpha value is -1.70. The molecule has 1 heterocycles. The van der Waals surface area contributed by atoms with Crippen LogP contribution in [0.15, 0.2) is 27.6 Å². The Morgan fingerprint density at radius 3 is 2.56 bits per heavy atom. The summed E-state index contributed by atoms with van der Waals surface area (Å²) in [4.78, 5) is 24.1. The number of ether oxygens (including phenoxy) is 1. The SMILES string of the molecule is C[C@]12CC[C@H](OCC(=O)NC3CCC(N)CC3)C[C@H]1CC[C@@H]1[C@@H]2CC[C@]2(C)[C@@H](c3ccc(=O)oc3)CC[C@]12O. The number of aliphatic hydroxyl groups is 1. The van der Waals surface area contributed by atoms with E-state index in [1.54, 1.807) is 6.26 Å². The van der Waals surface area contributed by atoms with E-state index in [1.807, 2.05) is 6.07 Å². The molecule has 1 aromatic rings. The minimum absolute atomic E-state index is 0.00906. The standard InChI is InChI=1S/C32H48N2O5/c1-30-14-11-24(38-19-28(35)34-23-7-5-22(33)6-8-23)17-21(30)4-9-27-26(30)12-15-31(2)25(13-16-32(27,31)37)20-3-10-29(36)39-18-20/h3,10,18,21-27,37H,4-9,11-17,19,33H2,1-2H3,(H,34,35)/t21-,22?,23?,24+,25-,26+,27-,30+,31-,32+/m1/s1. The van der Waals surface area contributed by atoms with Crippen molar-refractivity contribution in [3.8, 4) is 0 Å². The van der Waals surface area contributed by atoms with Gasteiger partial charge in [0.25, 0.3) is 0 Å². The molecule has 6 rings (SSSR count). The molecule has 0 unspecified atom stereocenters. The van der Waals surface area contributed by atoms with Crippen LogP contribution in [0.4, 0.5) is 0 Å². The lowest BCUT2D eigenvalue weighted by Gasteiger charge is -2.63. The Bertz CT molecular complexity index is 1090. The maximum absolute atomic E-state index is 12.6. The van der Waals surface area contributed by atoms with Gasteiger partial charge in [-0.25, -0.2) is 4.79 Å². The molecule has 5 fully saturated rings. The zero-order valence-corrected chi connectivity index (χ0v) is 23.8. The van der Waals surface area contributed by atoms with Crippen molar-refractivity contribution in [3.05, 3.63) is 34.4 Å². The summed E-state index contributed by atoms with van der Waals surface area (Å²) in [6.07, 6.45) is 14.9. The molecule has 1 aromatic heterocycles. The number of amides is 1. The second-order valence-electron chi connectivity index (χ2n) is 14.2. The van der Waals surface area contributed by atoms with Gasteiger partial charge in [-0.3, -0.25) is 4.79 Å². The molecule has 0 aromatic carbocycles. The van der Waals surface area contributed by atoms with Gasteiger partial charge < -0.3 is 25.3 Å². The number of hydrogen-bond acceptors (Lipinski definition) is 6. The van der Waals surface area contributed by atoms with Crippen LogP contribution < -0.4 is 16.7 Å². The molecule has 8 atom stereocenters. The molecule has 0 spiro atoms. The summed E-state index contributed by atoms with van der Waals surface area (Å²) < 4.78 is 11.4. The van der Waals surface area contributed by atoms with Gasteiger partial charge in [-0.2, -0.15) is 0 Å². The minimum Gasteiger partial charge on any atom is -0.431 e. The van der Waals surface area contributed by atoms with Crippen LogP contribution >= 0.6 is 0 Å². The van der Waals surface area contributed by atoms with Crippen LogP contribution in [0.3, 0.4) is 0 Å². The van der Waals surface area contributed by atoms with Crippen molar-refractivity contribution in [2.45, 2.75) is 127 Å². The summed E-state index contributed by atoms with van der Waals surface area (Å²) in [5.41, 5.74) is 6.06. The van der Waals surface area contributed by atoms with Crippen molar-refractivity contribution in [2.75, 3.05) is 6.61 Å². The van der Waals surface area contributed by atoms with Gasteiger partial charge in [0.05, 0.1) is 18.0 Å². The predicted molar refractivity (Wildman–Crippen MR) is 149 cm³/mol. The molecule has 5 saturated carbocycles. The van der Waals surface area contributed by atoms with Gasteiger partial charge in [-0.15, -0.1) is 0 Å². The van der Waals surface area contributed by atoms with Crippen molar-refractivity contribution in [2.24, 2.45) is 34.3 Å². The largest absolute Gasteiger partial charge is 0.431 e. The van der Waals surface area contributed by atoms with Crippen LogP contribution in [-0.4, -0.2) is 41.4 Å². The molecule has 7 nitrogen and oxygen atoms in total. The molecule has 0 bridgehead atoms. The lowest BCUT2D eigenvalue weighted by molar-refractivity contribution is -0.207. The monoisotopic (exact) mass is 540 g/mol. The summed E-state index contributed by atoms with van der Waals surface area (Å²) in [5.74, 6) is 1.64. The van der Waals surface area contributed by atoms with Crippen LogP contribution in [0.25, 0.3) is 0 Å². The fourth-order valence-electron chi connectivity index (χ4n) is 10.2. The molecule has 7 heteroatoms. The van der Waals surface area contributed by atoms with Crippen molar-refractivity contribution >= 4 is 5.91 Å². The summed E-state index contributed by atoms with van der Waals surface area (Å²) in [7, 11) is 0. The number of nitrogens with two attached hydrogens (primary N) is 1.